The Morgan fingerprint density at radius 1 is 0.316 bits per heavy atom. The van der Waals surface area contributed by atoms with E-state index in [9.17, 15) is 26.3 Å². The predicted molar refractivity (Wildman–Crippen MR) is 342 cm³/mol. The summed E-state index contributed by atoms with van der Waals surface area (Å²) in [5.41, 5.74) is 1.05. The van der Waals surface area contributed by atoms with E-state index in [1.54, 1.807) is 34.6 Å². The van der Waals surface area contributed by atoms with Gasteiger partial charge in [0.2, 0.25) is 0 Å². The van der Waals surface area contributed by atoms with Crippen molar-refractivity contribution in [3.05, 3.63) is 0 Å². The van der Waals surface area contributed by atoms with Crippen molar-refractivity contribution in [1.82, 2.24) is 0 Å². The SMILES string of the molecule is CC(C)(C)C.CC(C)C(C(C)C)C(C)(C)C.CC(C)C(C)(C)C.CCC(C)(C)C.CCC(C)(CC)C(C)(C)C.CCC(C)(CC)C(F)(F)F.CCC(CC)C(C)(C)C.CCCC(C)(C)C.CC[C@@](C)(C(C)C)C(F)(F)F. The Bertz CT molecular complexity index is 1210. The molecule has 0 heterocycles. The predicted octanol–water partition coefficient (Wildman–Crippen LogP) is 28.3. The fourth-order valence-electron chi connectivity index (χ4n) is 7.93. The van der Waals surface area contributed by atoms with E-state index in [-0.39, 0.29) is 25.2 Å². The van der Waals surface area contributed by atoms with E-state index >= 15 is 0 Å². The molecule has 0 radical (unpaired) electrons. The molecule has 0 fully saturated rings. The Kier molecular flexibility index (Phi) is 50.8. The quantitative estimate of drug-likeness (QED) is 0.181. The van der Waals surface area contributed by atoms with E-state index < -0.39 is 23.2 Å². The highest BCUT2D eigenvalue weighted by Crippen LogP contribution is 2.47. The molecule has 474 valence electrons. The van der Waals surface area contributed by atoms with E-state index in [1.807, 2.05) is 0 Å². The van der Waals surface area contributed by atoms with Gasteiger partial charge in [0.1, 0.15) is 0 Å². The molecule has 0 aliphatic carbocycles. The molecule has 0 N–H and O–H groups in total. The van der Waals surface area contributed by atoms with Crippen LogP contribution in [0.25, 0.3) is 0 Å². The second kappa shape index (κ2) is 40.7. The smallest absolute Gasteiger partial charge is 0.171 e. The summed E-state index contributed by atoms with van der Waals surface area (Å²) in [6.45, 7) is 90.3. The van der Waals surface area contributed by atoms with E-state index in [0.29, 0.717) is 43.3 Å². The van der Waals surface area contributed by atoms with Crippen molar-refractivity contribution in [3.63, 3.8) is 0 Å². The molecule has 6 heteroatoms. The average Bonchev–Trinajstić information content (AvgIpc) is 3.17. The molecule has 0 amide bonds. The summed E-state index contributed by atoms with van der Waals surface area (Å²) in [4.78, 5) is 0. The van der Waals surface area contributed by atoms with Crippen molar-refractivity contribution in [2.45, 2.75) is 367 Å². The highest BCUT2D eigenvalue weighted by molar-refractivity contribution is 4.85. The highest BCUT2D eigenvalue weighted by atomic mass is 19.4. The summed E-state index contributed by atoms with van der Waals surface area (Å²) in [5.74, 6) is 3.78. The lowest BCUT2D eigenvalue weighted by Crippen LogP contribution is -2.39. The van der Waals surface area contributed by atoms with Crippen molar-refractivity contribution < 1.29 is 26.3 Å². The van der Waals surface area contributed by atoms with Gasteiger partial charge < -0.3 is 0 Å². The van der Waals surface area contributed by atoms with Gasteiger partial charge >= 0.3 is 12.4 Å². The van der Waals surface area contributed by atoms with Gasteiger partial charge in [0.25, 0.3) is 0 Å². The number of halogens is 6. The zero-order valence-corrected chi connectivity index (χ0v) is 60.8. The summed E-state index contributed by atoms with van der Waals surface area (Å²) < 4.78 is 73.4. The van der Waals surface area contributed by atoms with Gasteiger partial charge in [0.05, 0.1) is 10.8 Å². The normalized spacial score (nSPS) is 13.8. The minimum absolute atomic E-state index is 0.147. The van der Waals surface area contributed by atoms with Crippen molar-refractivity contribution in [1.29, 1.82) is 0 Å². The molecule has 0 saturated carbocycles. The second-order valence-corrected chi connectivity index (χ2v) is 32.7. The first-order valence-corrected chi connectivity index (χ1v) is 31.0. The molecule has 0 bridgehead atoms. The van der Waals surface area contributed by atoms with Crippen LogP contribution in [0.15, 0.2) is 0 Å². The first-order chi connectivity index (χ1) is 32.8. The molecule has 76 heavy (non-hydrogen) atoms. The molecule has 0 nitrogen and oxygen atoms in total. The van der Waals surface area contributed by atoms with E-state index in [0.717, 1.165) is 29.6 Å². The van der Waals surface area contributed by atoms with Gasteiger partial charge in [0.15, 0.2) is 0 Å². The van der Waals surface area contributed by atoms with Gasteiger partial charge in [-0.15, -0.1) is 0 Å². The van der Waals surface area contributed by atoms with Crippen LogP contribution in [0.1, 0.15) is 355 Å². The summed E-state index contributed by atoms with van der Waals surface area (Å²) in [6, 6.07) is 0. The van der Waals surface area contributed by atoms with Crippen LogP contribution < -0.4 is 0 Å². The maximum atomic E-state index is 12.4. The third-order valence-electron chi connectivity index (χ3n) is 16.7. The Balaban J connectivity index is -0.0000000959. The van der Waals surface area contributed by atoms with Crippen LogP contribution in [0.5, 0.6) is 0 Å². The molecule has 0 aromatic carbocycles. The number of rotatable bonds is 11. The highest BCUT2D eigenvalue weighted by Gasteiger charge is 2.51. The third kappa shape index (κ3) is 54.2. The molecule has 0 rings (SSSR count). The molecule has 1 atom stereocenters. The summed E-state index contributed by atoms with van der Waals surface area (Å²) in [6.07, 6.45) is 1.48. The number of alkyl halides is 6. The zero-order chi connectivity index (χ0) is 64.5. The second-order valence-electron chi connectivity index (χ2n) is 32.7. The van der Waals surface area contributed by atoms with Crippen molar-refractivity contribution >= 4 is 0 Å². The monoisotopic (exact) mass is 1110 g/mol. The largest absolute Gasteiger partial charge is 0.394 e. The molecule has 0 aliphatic rings. The molecular weight excluding hydrogens is 955 g/mol. The van der Waals surface area contributed by atoms with Gasteiger partial charge in [0, 0.05) is 0 Å². The van der Waals surface area contributed by atoms with Crippen LogP contribution in [0, 0.1) is 89.7 Å². The van der Waals surface area contributed by atoms with Gasteiger partial charge in [-0.2, -0.15) is 26.3 Å². The molecule has 0 aliphatic heterocycles. The van der Waals surface area contributed by atoms with Gasteiger partial charge in [-0.1, -0.05) is 329 Å². The number of hydrogen-bond acceptors (Lipinski definition) is 0. The topological polar surface area (TPSA) is 0 Å². The summed E-state index contributed by atoms with van der Waals surface area (Å²) >= 11 is 0. The fourth-order valence-corrected chi connectivity index (χ4v) is 7.93. The molecular formula is C70H152F6. The maximum Gasteiger partial charge on any atom is 0.394 e. The maximum absolute atomic E-state index is 12.4. The average molecular weight is 1110 g/mol. The fraction of sp³-hybridized carbons (Fsp3) is 1.00. The summed E-state index contributed by atoms with van der Waals surface area (Å²) in [7, 11) is 0. The Morgan fingerprint density at radius 3 is 0.579 bits per heavy atom. The lowest BCUT2D eigenvalue weighted by atomic mass is 9.65. The first-order valence-electron chi connectivity index (χ1n) is 31.0. The zero-order valence-electron chi connectivity index (χ0n) is 60.8. The Hall–Kier alpha value is -0.420. The van der Waals surface area contributed by atoms with Crippen LogP contribution >= 0.6 is 0 Å². The summed E-state index contributed by atoms with van der Waals surface area (Å²) in [5, 5.41) is 0. The molecule has 0 saturated heterocycles. The standard InChI is InChI=1S/C11H24.C10H22.C9H20.C8H15F3.C7H13F3.2C7H16.C6H14.C5H12/c1-8(2)10(9(3)4)11(5,6)7;1-7-10(6,8-2)9(3,4)5;1-6-8(7-2)9(3,4)5;1-5-7(4,6(2)3)8(9,10)11;1-4-6(3,5-2)7(8,9)10;1-6(2)7(3,4)5;1-5-6-7(2,3)4;1-5-6(2,3)4;1-5(2,3)4/h8-10H,1-7H3;7-8H2,1-6H3;8H,6-7H2,1-5H3;6H,5H2,1-4H3;4-5H2,1-3H3;6H,1-5H3;5-6H2,1-4H3;5H2,1-4H3;1-4H3/t;;;7-;;;;;/m...0...../s1. The Morgan fingerprint density at radius 2 is 0.579 bits per heavy atom. The third-order valence-corrected chi connectivity index (χ3v) is 16.7. The minimum atomic E-state index is -4.07. The molecule has 0 unspecified atom stereocenters. The van der Waals surface area contributed by atoms with Crippen molar-refractivity contribution in [2.75, 3.05) is 0 Å². The van der Waals surface area contributed by atoms with Crippen LogP contribution in [0.2, 0.25) is 0 Å². The van der Waals surface area contributed by atoms with Gasteiger partial charge in [-0.05, 0) is 105 Å². The minimum Gasteiger partial charge on any atom is -0.171 e. The van der Waals surface area contributed by atoms with E-state index in [4.69, 9.17) is 0 Å². The lowest BCUT2D eigenvalue weighted by molar-refractivity contribution is -0.233. The molecule has 0 aromatic rings. The van der Waals surface area contributed by atoms with E-state index in [1.165, 1.54) is 58.8 Å². The van der Waals surface area contributed by atoms with Crippen molar-refractivity contribution in [3.8, 4) is 0 Å². The van der Waals surface area contributed by atoms with Crippen LogP contribution in [0.4, 0.5) is 26.3 Å². The molecule has 0 aromatic heterocycles. The van der Waals surface area contributed by atoms with Crippen LogP contribution in [-0.2, 0) is 0 Å². The molecule has 0 spiro atoms. The Labute approximate surface area is 481 Å². The van der Waals surface area contributed by atoms with Crippen LogP contribution in [0.3, 0.4) is 0 Å². The number of hydrogen-bond donors (Lipinski definition) is 0. The van der Waals surface area contributed by atoms with Gasteiger partial charge in [-0.25, -0.2) is 0 Å². The van der Waals surface area contributed by atoms with Crippen LogP contribution in [-0.4, -0.2) is 12.4 Å². The van der Waals surface area contributed by atoms with Crippen molar-refractivity contribution in [2.24, 2.45) is 89.7 Å². The van der Waals surface area contributed by atoms with Gasteiger partial charge in [-0.3, -0.25) is 0 Å². The lowest BCUT2D eigenvalue weighted by Gasteiger charge is -2.40. The first kappa shape index (κ1) is 94.8. The van der Waals surface area contributed by atoms with E-state index in [2.05, 4.69) is 242 Å².